The first-order valence-corrected chi connectivity index (χ1v) is 6.38. The van der Waals surface area contributed by atoms with E-state index in [4.69, 9.17) is 5.73 Å². The molecule has 1 aliphatic heterocycles. The normalized spacial score (nSPS) is 17.0. The number of fused-ring (bicyclic) bond motifs is 1. The van der Waals surface area contributed by atoms with Gasteiger partial charge in [-0.3, -0.25) is 0 Å². The number of nitrogens with zero attached hydrogens (tertiary/aromatic N) is 1. The fourth-order valence-electron chi connectivity index (χ4n) is 2.71. The van der Waals surface area contributed by atoms with Gasteiger partial charge in [-0.25, -0.2) is 0 Å². The fourth-order valence-corrected chi connectivity index (χ4v) is 2.71. The van der Waals surface area contributed by atoms with Gasteiger partial charge < -0.3 is 10.6 Å². The second kappa shape index (κ2) is 4.77. The first-order valence-electron chi connectivity index (χ1n) is 6.38. The first-order chi connectivity index (χ1) is 7.74. The molecule has 2 nitrogen and oxygen atoms in total. The van der Waals surface area contributed by atoms with Crippen molar-refractivity contribution in [2.45, 2.75) is 45.6 Å². The summed E-state index contributed by atoms with van der Waals surface area (Å²) in [6.07, 6.45) is 4.87. The van der Waals surface area contributed by atoms with E-state index in [0.29, 0.717) is 6.04 Å². The van der Waals surface area contributed by atoms with E-state index in [1.54, 1.807) is 0 Å². The highest BCUT2D eigenvalue weighted by atomic mass is 15.2. The summed E-state index contributed by atoms with van der Waals surface area (Å²) in [5.74, 6) is 0. The van der Waals surface area contributed by atoms with Gasteiger partial charge in [-0.05, 0) is 43.9 Å². The molecule has 2 rings (SSSR count). The van der Waals surface area contributed by atoms with Crippen LogP contribution in [0.2, 0.25) is 0 Å². The van der Waals surface area contributed by atoms with Gasteiger partial charge in [-0.15, -0.1) is 0 Å². The molecule has 0 aromatic heterocycles. The molecular formula is C14H22N2. The molecule has 1 atom stereocenters. The van der Waals surface area contributed by atoms with E-state index in [1.165, 1.54) is 37.1 Å². The van der Waals surface area contributed by atoms with Crippen LogP contribution in [0.25, 0.3) is 0 Å². The molecule has 2 heteroatoms. The zero-order valence-electron chi connectivity index (χ0n) is 10.4. The number of nitrogens with two attached hydrogens (primary N) is 1. The minimum absolute atomic E-state index is 0.630. The Morgan fingerprint density at radius 3 is 3.00 bits per heavy atom. The largest absolute Gasteiger partial charge is 0.398 e. The van der Waals surface area contributed by atoms with Crippen LogP contribution in [0, 0.1) is 0 Å². The second-order valence-corrected chi connectivity index (χ2v) is 4.78. The van der Waals surface area contributed by atoms with Gasteiger partial charge in [0, 0.05) is 24.0 Å². The van der Waals surface area contributed by atoms with Crippen LogP contribution in [0.5, 0.6) is 0 Å². The second-order valence-electron chi connectivity index (χ2n) is 4.78. The predicted octanol–water partition coefficient (Wildman–Crippen LogP) is 3.21. The number of hydrogen-bond acceptors (Lipinski definition) is 2. The number of anilines is 2. The van der Waals surface area contributed by atoms with E-state index in [9.17, 15) is 0 Å². The van der Waals surface area contributed by atoms with Crippen LogP contribution in [-0.2, 0) is 6.42 Å². The molecule has 0 fully saturated rings. The molecule has 0 radical (unpaired) electrons. The minimum atomic E-state index is 0.630. The lowest BCUT2D eigenvalue weighted by Gasteiger charge is -2.36. The summed E-state index contributed by atoms with van der Waals surface area (Å²) in [6, 6.07) is 6.94. The topological polar surface area (TPSA) is 29.3 Å². The molecule has 1 aliphatic rings. The molecule has 0 saturated heterocycles. The average molecular weight is 218 g/mol. The van der Waals surface area contributed by atoms with Crippen LogP contribution < -0.4 is 10.6 Å². The SMILES string of the molecule is CCCC(C)N1CCCc2c(N)cccc21. The van der Waals surface area contributed by atoms with Crippen molar-refractivity contribution in [2.75, 3.05) is 17.2 Å². The number of benzene rings is 1. The number of hydrogen-bond donors (Lipinski definition) is 1. The van der Waals surface area contributed by atoms with Gasteiger partial charge >= 0.3 is 0 Å². The van der Waals surface area contributed by atoms with E-state index < -0.39 is 0 Å². The van der Waals surface area contributed by atoms with Crippen molar-refractivity contribution in [1.29, 1.82) is 0 Å². The summed E-state index contributed by atoms with van der Waals surface area (Å²) >= 11 is 0. The Morgan fingerprint density at radius 2 is 2.25 bits per heavy atom. The Bertz CT molecular complexity index is 360. The monoisotopic (exact) mass is 218 g/mol. The standard InChI is InChI=1S/C14H22N2/c1-3-6-11(2)16-10-5-7-12-13(15)8-4-9-14(12)16/h4,8-9,11H,3,5-7,10,15H2,1-2H3. The van der Waals surface area contributed by atoms with E-state index in [0.717, 1.165) is 12.1 Å². The van der Waals surface area contributed by atoms with E-state index in [-0.39, 0.29) is 0 Å². The summed E-state index contributed by atoms with van der Waals surface area (Å²) in [7, 11) is 0. The Balaban J connectivity index is 2.29. The van der Waals surface area contributed by atoms with Crippen molar-refractivity contribution < 1.29 is 0 Å². The van der Waals surface area contributed by atoms with Crippen molar-refractivity contribution in [3.63, 3.8) is 0 Å². The molecule has 0 aliphatic carbocycles. The third-order valence-electron chi connectivity index (χ3n) is 3.56. The van der Waals surface area contributed by atoms with Crippen molar-refractivity contribution in [2.24, 2.45) is 0 Å². The maximum absolute atomic E-state index is 6.05. The molecule has 2 N–H and O–H groups in total. The number of rotatable bonds is 3. The first kappa shape index (κ1) is 11.3. The summed E-state index contributed by atoms with van der Waals surface area (Å²) in [6.45, 7) is 5.75. The van der Waals surface area contributed by atoms with Crippen LogP contribution >= 0.6 is 0 Å². The van der Waals surface area contributed by atoms with Crippen molar-refractivity contribution >= 4 is 11.4 Å². The lowest BCUT2D eigenvalue weighted by atomic mass is 9.97. The lowest BCUT2D eigenvalue weighted by Crippen LogP contribution is -2.37. The summed E-state index contributed by atoms with van der Waals surface area (Å²) in [5.41, 5.74) is 9.74. The molecule has 0 amide bonds. The van der Waals surface area contributed by atoms with Crippen LogP contribution in [0.3, 0.4) is 0 Å². The van der Waals surface area contributed by atoms with Crippen molar-refractivity contribution in [1.82, 2.24) is 0 Å². The molecular weight excluding hydrogens is 196 g/mol. The predicted molar refractivity (Wildman–Crippen MR) is 70.9 cm³/mol. The molecule has 1 unspecified atom stereocenters. The van der Waals surface area contributed by atoms with Crippen LogP contribution in [0.4, 0.5) is 11.4 Å². The van der Waals surface area contributed by atoms with Crippen LogP contribution in [0.15, 0.2) is 18.2 Å². The zero-order chi connectivity index (χ0) is 11.5. The van der Waals surface area contributed by atoms with Gasteiger partial charge in [0.2, 0.25) is 0 Å². The lowest BCUT2D eigenvalue weighted by molar-refractivity contribution is 0.554. The van der Waals surface area contributed by atoms with E-state index in [1.807, 2.05) is 6.07 Å². The van der Waals surface area contributed by atoms with Gasteiger partial charge in [-0.2, -0.15) is 0 Å². The molecule has 1 aromatic carbocycles. The maximum Gasteiger partial charge on any atom is 0.0421 e. The van der Waals surface area contributed by atoms with Crippen LogP contribution in [0.1, 0.15) is 38.7 Å². The Kier molecular flexibility index (Phi) is 3.37. The van der Waals surface area contributed by atoms with E-state index >= 15 is 0 Å². The molecule has 0 saturated carbocycles. The smallest absolute Gasteiger partial charge is 0.0421 e. The Morgan fingerprint density at radius 1 is 1.44 bits per heavy atom. The molecule has 0 spiro atoms. The molecule has 16 heavy (non-hydrogen) atoms. The molecule has 1 heterocycles. The van der Waals surface area contributed by atoms with Crippen molar-refractivity contribution in [3.05, 3.63) is 23.8 Å². The highest BCUT2D eigenvalue weighted by Crippen LogP contribution is 2.33. The zero-order valence-corrected chi connectivity index (χ0v) is 10.4. The van der Waals surface area contributed by atoms with Gasteiger partial charge in [0.25, 0.3) is 0 Å². The maximum atomic E-state index is 6.05. The third kappa shape index (κ3) is 2.01. The third-order valence-corrected chi connectivity index (χ3v) is 3.56. The van der Waals surface area contributed by atoms with Gasteiger partial charge in [0.1, 0.15) is 0 Å². The van der Waals surface area contributed by atoms with Crippen LogP contribution in [-0.4, -0.2) is 12.6 Å². The van der Waals surface area contributed by atoms with E-state index in [2.05, 4.69) is 30.9 Å². The highest BCUT2D eigenvalue weighted by molar-refractivity contribution is 5.66. The van der Waals surface area contributed by atoms with Gasteiger partial charge in [0.05, 0.1) is 0 Å². The minimum Gasteiger partial charge on any atom is -0.398 e. The summed E-state index contributed by atoms with van der Waals surface area (Å²) in [5, 5.41) is 0. The van der Waals surface area contributed by atoms with Gasteiger partial charge in [0.15, 0.2) is 0 Å². The summed E-state index contributed by atoms with van der Waals surface area (Å²) in [4.78, 5) is 2.53. The quantitative estimate of drug-likeness (QED) is 0.789. The fraction of sp³-hybridized carbons (Fsp3) is 0.571. The molecule has 88 valence electrons. The highest BCUT2D eigenvalue weighted by Gasteiger charge is 2.21. The average Bonchev–Trinajstić information content (AvgIpc) is 2.29. The number of nitrogen functional groups attached to an aromatic ring is 1. The Labute approximate surface area is 98.4 Å². The summed E-state index contributed by atoms with van der Waals surface area (Å²) < 4.78 is 0. The molecule has 1 aromatic rings. The van der Waals surface area contributed by atoms with Crippen molar-refractivity contribution in [3.8, 4) is 0 Å². The molecule has 0 bridgehead atoms. The van der Waals surface area contributed by atoms with Gasteiger partial charge in [-0.1, -0.05) is 19.4 Å². The Hall–Kier alpha value is -1.18.